The van der Waals surface area contributed by atoms with Gasteiger partial charge in [0.15, 0.2) is 0 Å². The molecule has 1 aliphatic carbocycles. The number of benzene rings is 1. The third-order valence-corrected chi connectivity index (χ3v) is 5.72. The van der Waals surface area contributed by atoms with E-state index in [0.29, 0.717) is 11.6 Å². The van der Waals surface area contributed by atoms with Crippen LogP contribution in [-0.2, 0) is 6.54 Å². The van der Waals surface area contributed by atoms with Crippen molar-refractivity contribution < 1.29 is 0 Å². The molecule has 2 fully saturated rings. The van der Waals surface area contributed by atoms with Gasteiger partial charge in [-0.1, -0.05) is 37.5 Å². The number of aryl methyl sites for hydroxylation is 2. The lowest BCUT2D eigenvalue weighted by Gasteiger charge is -2.49. The maximum absolute atomic E-state index is 3.89. The van der Waals surface area contributed by atoms with Crippen LogP contribution in [0.3, 0.4) is 0 Å². The number of hydrogen-bond donors (Lipinski definition) is 1. The molecule has 1 spiro atoms. The highest BCUT2D eigenvalue weighted by Crippen LogP contribution is 2.32. The molecule has 116 valence electrons. The fourth-order valence-electron chi connectivity index (χ4n) is 4.17. The Balaban J connectivity index is 1.77. The van der Waals surface area contributed by atoms with Crippen molar-refractivity contribution in [3.8, 4) is 0 Å². The Hall–Kier alpha value is -0.860. The van der Waals surface area contributed by atoms with Crippen LogP contribution in [0.15, 0.2) is 18.2 Å². The summed E-state index contributed by atoms with van der Waals surface area (Å²) >= 11 is 0. The van der Waals surface area contributed by atoms with Crippen molar-refractivity contribution in [1.29, 1.82) is 0 Å². The van der Waals surface area contributed by atoms with Gasteiger partial charge in [0.1, 0.15) is 0 Å². The zero-order valence-corrected chi connectivity index (χ0v) is 13.9. The highest BCUT2D eigenvalue weighted by Gasteiger charge is 2.38. The molecule has 0 amide bonds. The molecule has 1 heterocycles. The molecular formula is C19H30N2. The van der Waals surface area contributed by atoms with Gasteiger partial charge in [-0.25, -0.2) is 0 Å². The summed E-state index contributed by atoms with van der Waals surface area (Å²) in [6.45, 7) is 10.4. The van der Waals surface area contributed by atoms with Gasteiger partial charge in [-0.3, -0.25) is 4.90 Å². The van der Waals surface area contributed by atoms with Gasteiger partial charge in [0, 0.05) is 31.2 Å². The van der Waals surface area contributed by atoms with E-state index in [2.05, 4.69) is 49.2 Å². The van der Waals surface area contributed by atoms with Crippen LogP contribution in [0.5, 0.6) is 0 Å². The Morgan fingerprint density at radius 2 is 1.81 bits per heavy atom. The molecule has 1 saturated heterocycles. The average Bonchev–Trinajstić information content (AvgIpc) is 2.48. The Bertz CT molecular complexity index is 468. The van der Waals surface area contributed by atoms with Gasteiger partial charge in [-0.2, -0.15) is 0 Å². The normalized spacial score (nSPS) is 26.1. The summed E-state index contributed by atoms with van der Waals surface area (Å²) in [6, 6.07) is 7.33. The number of nitrogens with zero attached hydrogens (tertiary/aromatic N) is 1. The monoisotopic (exact) mass is 286 g/mol. The molecule has 3 rings (SSSR count). The number of rotatable bonds is 2. The quantitative estimate of drug-likeness (QED) is 0.889. The first-order valence-electron chi connectivity index (χ1n) is 8.64. The average molecular weight is 286 g/mol. The molecule has 1 aromatic carbocycles. The van der Waals surface area contributed by atoms with Crippen molar-refractivity contribution in [2.24, 2.45) is 0 Å². The largest absolute Gasteiger partial charge is 0.308 e. The second kappa shape index (κ2) is 6.10. The molecule has 0 aromatic heterocycles. The third-order valence-electron chi connectivity index (χ3n) is 5.72. The molecule has 21 heavy (non-hydrogen) atoms. The van der Waals surface area contributed by atoms with E-state index in [1.165, 1.54) is 55.3 Å². The van der Waals surface area contributed by atoms with Gasteiger partial charge in [-0.15, -0.1) is 0 Å². The summed E-state index contributed by atoms with van der Waals surface area (Å²) in [7, 11) is 0. The SMILES string of the molecule is Cc1cccc(C)c1CN1CC2(CCCCC2)NCC1C. The van der Waals surface area contributed by atoms with Gasteiger partial charge in [-0.05, 0) is 50.3 Å². The molecule has 1 N–H and O–H groups in total. The molecule has 1 aromatic rings. The lowest BCUT2D eigenvalue weighted by molar-refractivity contribution is 0.0570. The van der Waals surface area contributed by atoms with Crippen molar-refractivity contribution in [2.75, 3.05) is 13.1 Å². The first-order chi connectivity index (χ1) is 10.1. The first kappa shape index (κ1) is 15.1. The molecule has 1 unspecified atom stereocenters. The zero-order chi connectivity index (χ0) is 14.9. The third kappa shape index (κ3) is 3.17. The topological polar surface area (TPSA) is 15.3 Å². The molecule has 1 saturated carbocycles. The fourth-order valence-corrected chi connectivity index (χ4v) is 4.17. The van der Waals surface area contributed by atoms with E-state index in [-0.39, 0.29) is 0 Å². The first-order valence-corrected chi connectivity index (χ1v) is 8.64. The van der Waals surface area contributed by atoms with E-state index in [9.17, 15) is 0 Å². The Labute approximate surface area is 129 Å². The molecular weight excluding hydrogens is 256 g/mol. The van der Waals surface area contributed by atoms with Gasteiger partial charge in [0.2, 0.25) is 0 Å². The van der Waals surface area contributed by atoms with Gasteiger partial charge >= 0.3 is 0 Å². The van der Waals surface area contributed by atoms with Crippen LogP contribution in [0.1, 0.15) is 55.7 Å². The summed E-state index contributed by atoms with van der Waals surface area (Å²) in [5, 5.41) is 3.89. The minimum atomic E-state index is 0.404. The number of hydrogen-bond acceptors (Lipinski definition) is 2. The van der Waals surface area contributed by atoms with Crippen molar-refractivity contribution in [3.05, 3.63) is 34.9 Å². The standard InChI is InChI=1S/C19H30N2/c1-15-8-7-9-16(2)18(15)13-21-14-19(20-12-17(21)3)10-5-4-6-11-19/h7-9,17,20H,4-6,10-14H2,1-3H3. The predicted octanol–water partition coefficient (Wildman–Crippen LogP) is 3.80. The van der Waals surface area contributed by atoms with Gasteiger partial charge in [0.25, 0.3) is 0 Å². The second-order valence-corrected chi connectivity index (χ2v) is 7.35. The van der Waals surface area contributed by atoms with Crippen LogP contribution in [-0.4, -0.2) is 29.6 Å². The van der Waals surface area contributed by atoms with E-state index in [1.807, 2.05) is 0 Å². The van der Waals surface area contributed by atoms with Crippen molar-refractivity contribution in [2.45, 2.75) is 71.0 Å². The van der Waals surface area contributed by atoms with Gasteiger partial charge in [0.05, 0.1) is 0 Å². The smallest absolute Gasteiger partial charge is 0.0309 e. The summed E-state index contributed by atoms with van der Waals surface area (Å²) in [5.41, 5.74) is 4.83. The highest BCUT2D eigenvalue weighted by molar-refractivity contribution is 5.33. The molecule has 1 atom stereocenters. The molecule has 2 nitrogen and oxygen atoms in total. The van der Waals surface area contributed by atoms with Crippen molar-refractivity contribution in [3.63, 3.8) is 0 Å². The molecule has 2 heteroatoms. The summed E-state index contributed by atoms with van der Waals surface area (Å²) in [5.74, 6) is 0. The highest BCUT2D eigenvalue weighted by atomic mass is 15.2. The molecule has 0 radical (unpaired) electrons. The maximum Gasteiger partial charge on any atom is 0.0309 e. The maximum atomic E-state index is 3.89. The van der Waals surface area contributed by atoms with E-state index >= 15 is 0 Å². The van der Waals surface area contributed by atoms with Crippen LogP contribution in [0.4, 0.5) is 0 Å². The van der Waals surface area contributed by atoms with Crippen LogP contribution >= 0.6 is 0 Å². The van der Waals surface area contributed by atoms with Crippen LogP contribution in [0.25, 0.3) is 0 Å². The summed E-state index contributed by atoms with van der Waals surface area (Å²) < 4.78 is 0. The van der Waals surface area contributed by atoms with Crippen molar-refractivity contribution >= 4 is 0 Å². The molecule has 1 aliphatic heterocycles. The van der Waals surface area contributed by atoms with E-state index in [4.69, 9.17) is 0 Å². The van der Waals surface area contributed by atoms with Crippen molar-refractivity contribution in [1.82, 2.24) is 10.2 Å². The predicted molar refractivity (Wildman–Crippen MR) is 89.6 cm³/mol. The van der Waals surface area contributed by atoms with E-state index < -0.39 is 0 Å². The Morgan fingerprint density at radius 3 is 2.48 bits per heavy atom. The summed E-state index contributed by atoms with van der Waals surface area (Å²) in [4.78, 5) is 2.72. The lowest BCUT2D eigenvalue weighted by atomic mass is 9.79. The zero-order valence-electron chi connectivity index (χ0n) is 13.9. The van der Waals surface area contributed by atoms with Crippen LogP contribution in [0.2, 0.25) is 0 Å². The van der Waals surface area contributed by atoms with E-state index in [1.54, 1.807) is 0 Å². The minimum absolute atomic E-state index is 0.404. The second-order valence-electron chi connectivity index (χ2n) is 7.35. The molecule has 0 bridgehead atoms. The molecule has 2 aliphatic rings. The fraction of sp³-hybridized carbons (Fsp3) is 0.684. The number of nitrogens with one attached hydrogen (secondary N) is 1. The van der Waals surface area contributed by atoms with Crippen LogP contribution < -0.4 is 5.32 Å². The summed E-state index contributed by atoms with van der Waals surface area (Å²) in [6.07, 6.45) is 6.96. The Kier molecular flexibility index (Phi) is 4.37. The van der Waals surface area contributed by atoms with E-state index in [0.717, 1.165) is 13.1 Å². The van der Waals surface area contributed by atoms with Crippen LogP contribution in [0, 0.1) is 13.8 Å². The van der Waals surface area contributed by atoms with Gasteiger partial charge < -0.3 is 5.32 Å². The Morgan fingerprint density at radius 1 is 1.14 bits per heavy atom. The minimum Gasteiger partial charge on any atom is -0.308 e. The number of piperazine rings is 1. The lowest BCUT2D eigenvalue weighted by Crippen LogP contribution is -2.63.